The van der Waals surface area contributed by atoms with E-state index in [0.29, 0.717) is 0 Å². The largest absolute Gasteiger partial charge is 0.456 e. The predicted molar refractivity (Wildman–Crippen MR) is 267 cm³/mol. The van der Waals surface area contributed by atoms with E-state index in [1.54, 1.807) is 0 Å². The molecule has 4 heterocycles. The minimum absolute atomic E-state index is 0.0149. The Balaban J connectivity index is 1.01. The lowest BCUT2D eigenvalue weighted by molar-refractivity contribution is 0.603. The van der Waals surface area contributed by atoms with Crippen molar-refractivity contribution in [3.63, 3.8) is 0 Å². The minimum atomic E-state index is 0.0149. The van der Waals surface area contributed by atoms with Gasteiger partial charge in [0.2, 0.25) is 0 Å². The number of pyridine rings is 1. The molecule has 2 unspecified atom stereocenters. The highest BCUT2D eigenvalue weighted by Gasteiger charge is 2.22. The van der Waals surface area contributed by atoms with Gasteiger partial charge >= 0.3 is 0 Å². The van der Waals surface area contributed by atoms with Crippen molar-refractivity contribution in [1.29, 1.82) is 0 Å². The van der Waals surface area contributed by atoms with Crippen molar-refractivity contribution in [2.75, 3.05) is 0 Å². The molecular weight excluding hydrogens is 797 g/mol. The third-order valence-electron chi connectivity index (χ3n) is 12.9. The number of rotatable bonds is 7. The SMILES string of the molecule is C/C(=N\c1c(C)ccc2cccnc12)c1ccc(-c2cc(-c3cc(-c4ccc5oc6ccccc6c5c4)cc(-c4ccc5oc6ccccc6c5c4)c3)nc(C3C=CC=CC3C)n2)cc1. The summed E-state index contributed by atoms with van der Waals surface area (Å²) >= 11 is 0. The van der Waals surface area contributed by atoms with Crippen LogP contribution in [-0.4, -0.2) is 20.7 Å². The quantitative estimate of drug-likeness (QED) is 0.149. The number of furan rings is 2. The van der Waals surface area contributed by atoms with E-state index in [-0.39, 0.29) is 11.8 Å². The normalized spacial score (nSPS) is 15.3. The maximum Gasteiger partial charge on any atom is 0.137 e. The molecule has 0 bridgehead atoms. The van der Waals surface area contributed by atoms with Gasteiger partial charge in [-0.25, -0.2) is 9.97 Å². The van der Waals surface area contributed by atoms with Crippen molar-refractivity contribution < 1.29 is 8.83 Å². The summed E-state index contributed by atoms with van der Waals surface area (Å²) in [7, 11) is 0. The molecule has 0 saturated carbocycles. The van der Waals surface area contributed by atoms with Crippen LogP contribution in [0.1, 0.15) is 36.7 Å². The van der Waals surface area contributed by atoms with E-state index >= 15 is 0 Å². The van der Waals surface area contributed by atoms with Gasteiger partial charge in [-0.1, -0.05) is 122 Å². The first-order valence-corrected chi connectivity index (χ1v) is 22.1. The molecule has 0 N–H and O–H groups in total. The summed E-state index contributed by atoms with van der Waals surface area (Å²) in [5, 5.41) is 5.44. The first-order chi connectivity index (χ1) is 31.9. The Bertz CT molecular complexity index is 3640. The highest BCUT2D eigenvalue weighted by Crippen LogP contribution is 2.40. The Morgan fingerprint density at radius 3 is 1.77 bits per heavy atom. The lowest BCUT2D eigenvalue weighted by atomic mass is 9.89. The number of hydrogen-bond donors (Lipinski definition) is 0. The third-order valence-corrected chi connectivity index (χ3v) is 12.9. The molecule has 0 aliphatic heterocycles. The van der Waals surface area contributed by atoms with Crippen LogP contribution in [0.15, 0.2) is 202 Å². The van der Waals surface area contributed by atoms with E-state index in [2.05, 4.69) is 177 Å². The van der Waals surface area contributed by atoms with Gasteiger partial charge in [0.05, 0.1) is 22.6 Å². The van der Waals surface area contributed by atoms with Crippen molar-refractivity contribution >= 4 is 66.2 Å². The van der Waals surface area contributed by atoms with Crippen LogP contribution in [0, 0.1) is 12.8 Å². The molecule has 0 amide bonds. The number of para-hydroxylation sites is 2. The molecule has 1 aliphatic rings. The zero-order valence-electron chi connectivity index (χ0n) is 36.2. The second-order valence-electron chi connectivity index (χ2n) is 17.1. The molecule has 11 aromatic rings. The Labute approximate surface area is 376 Å². The summed E-state index contributed by atoms with van der Waals surface area (Å²) in [5.74, 6) is 1.03. The molecule has 1 aliphatic carbocycles. The summed E-state index contributed by atoms with van der Waals surface area (Å²) in [6.45, 7) is 6.38. The van der Waals surface area contributed by atoms with Gasteiger partial charge < -0.3 is 8.83 Å². The molecular formula is C59H42N4O2. The second kappa shape index (κ2) is 15.5. The van der Waals surface area contributed by atoms with E-state index < -0.39 is 0 Å². The molecule has 0 radical (unpaired) electrons. The maximum atomic E-state index is 6.25. The van der Waals surface area contributed by atoms with Crippen LogP contribution in [0.25, 0.3) is 99.5 Å². The average molecular weight is 839 g/mol. The Kier molecular flexibility index (Phi) is 9.19. The summed E-state index contributed by atoms with van der Waals surface area (Å²) in [5.41, 5.74) is 16.4. The molecule has 4 aromatic heterocycles. The van der Waals surface area contributed by atoms with Crippen molar-refractivity contribution in [3.05, 3.63) is 205 Å². The molecule has 6 heteroatoms. The minimum Gasteiger partial charge on any atom is -0.456 e. The summed E-state index contributed by atoms with van der Waals surface area (Å²) in [6.07, 6.45) is 10.5. The summed E-state index contributed by atoms with van der Waals surface area (Å²) in [6, 6.07) is 55.2. The van der Waals surface area contributed by atoms with Gasteiger partial charge in [-0.2, -0.15) is 0 Å². The summed E-state index contributed by atoms with van der Waals surface area (Å²) < 4.78 is 12.5. The van der Waals surface area contributed by atoms with Crippen molar-refractivity contribution in [1.82, 2.24) is 15.0 Å². The molecule has 0 fully saturated rings. The lowest BCUT2D eigenvalue weighted by Crippen LogP contribution is -2.12. The number of aromatic nitrogens is 3. The first-order valence-electron chi connectivity index (χ1n) is 22.1. The van der Waals surface area contributed by atoms with Crippen molar-refractivity contribution in [3.8, 4) is 44.8 Å². The van der Waals surface area contributed by atoms with E-state index in [0.717, 1.165) is 128 Å². The number of fused-ring (bicyclic) bond motifs is 7. The fourth-order valence-electron chi connectivity index (χ4n) is 9.36. The van der Waals surface area contributed by atoms with Crippen molar-refractivity contribution in [2.24, 2.45) is 10.9 Å². The fraction of sp³-hybridized carbons (Fsp3) is 0.0847. The Morgan fingerprint density at radius 1 is 0.523 bits per heavy atom. The van der Waals surface area contributed by atoms with Crippen LogP contribution in [0.5, 0.6) is 0 Å². The zero-order chi connectivity index (χ0) is 43.6. The van der Waals surface area contributed by atoms with Gasteiger partial charge in [0, 0.05) is 55.9 Å². The molecule has 12 rings (SSSR count). The Hall–Kier alpha value is -8.22. The van der Waals surface area contributed by atoms with Crippen LogP contribution in [0.3, 0.4) is 0 Å². The fourth-order valence-corrected chi connectivity index (χ4v) is 9.36. The maximum absolute atomic E-state index is 6.25. The van der Waals surface area contributed by atoms with Gasteiger partial charge in [-0.15, -0.1) is 0 Å². The number of aliphatic imine (C=N–C) groups is 1. The molecule has 0 saturated heterocycles. The van der Waals surface area contributed by atoms with E-state index in [9.17, 15) is 0 Å². The average Bonchev–Trinajstić information content (AvgIpc) is 3.92. The summed E-state index contributed by atoms with van der Waals surface area (Å²) in [4.78, 5) is 20.5. The number of hydrogen-bond acceptors (Lipinski definition) is 6. The highest BCUT2D eigenvalue weighted by atomic mass is 16.3. The van der Waals surface area contributed by atoms with Gasteiger partial charge in [0.15, 0.2) is 0 Å². The second-order valence-corrected chi connectivity index (χ2v) is 17.1. The van der Waals surface area contributed by atoms with Crippen LogP contribution in [-0.2, 0) is 0 Å². The number of nitrogens with zero attached hydrogens (tertiary/aromatic N) is 4. The molecule has 65 heavy (non-hydrogen) atoms. The zero-order valence-corrected chi connectivity index (χ0v) is 36.2. The smallest absolute Gasteiger partial charge is 0.137 e. The molecule has 310 valence electrons. The molecule has 2 atom stereocenters. The molecule has 7 aromatic carbocycles. The van der Waals surface area contributed by atoms with Crippen LogP contribution in [0.2, 0.25) is 0 Å². The standard InChI is InChI=1S/C59H42N4O2/c1-35-11-4-5-13-46(35)59-62-51(39-22-20-38(21-23-39)37(3)61-57-36(2)18-19-40-12-10-28-60-58(40)57)34-52(63-59)45-30-43(41-24-26-55-49(32-41)47-14-6-8-16-53(47)64-55)29-44(31-45)42-25-27-56-50(33-42)48-15-7-9-17-54(48)65-56/h4-35,46H,1-3H3/b61-37+. The third kappa shape index (κ3) is 6.91. The van der Waals surface area contributed by atoms with Gasteiger partial charge in [0.1, 0.15) is 28.2 Å². The topological polar surface area (TPSA) is 77.3 Å². The van der Waals surface area contributed by atoms with E-state index in [1.807, 2.05) is 36.5 Å². The van der Waals surface area contributed by atoms with Gasteiger partial charge in [-0.05, 0) is 120 Å². The first kappa shape index (κ1) is 38.5. The van der Waals surface area contributed by atoms with Crippen LogP contribution >= 0.6 is 0 Å². The Morgan fingerprint density at radius 2 is 1.11 bits per heavy atom. The van der Waals surface area contributed by atoms with Gasteiger partial charge in [0.25, 0.3) is 0 Å². The number of aryl methyl sites for hydroxylation is 1. The lowest BCUT2D eigenvalue weighted by Gasteiger charge is -2.21. The highest BCUT2D eigenvalue weighted by molar-refractivity contribution is 6.08. The molecule has 6 nitrogen and oxygen atoms in total. The predicted octanol–water partition coefficient (Wildman–Crippen LogP) is 15.8. The van der Waals surface area contributed by atoms with Crippen molar-refractivity contribution in [2.45, 2.75) is 26.7 Å². The number of benzene rings is 7. The van der Waals surface area contributed by atoms with Gasteiger partial charge in [-0.3, -0.25) is 9.98 Å². The number of allylic oxidation sites excluding steroid dienone is 4. The van der Waals surface area contributed by atoms with E-state index in [1.165, 1.54) is 0 Å². The monoisotopic (exact) mass is 838 g/mol. The van der Waals surface area contributed by atoms with Crippen LogP contribution < -0.4 is 0 Å². The van der Waals surface area contributed by atoms with E-state index in [4.69, 9.17) is 23.8 Å². The van der Waals surface area contributed by atoms with Crippen LogP contribution in [0.4, 0.5) is 5.69 Å². The molecule has 0 spiro atoms.